The topological polar surface area (TPSA) is 26.3 Å². The molecule has 2 nitrogen and oxygen atoms in total. The molecule has 0 aliphatic carbocycles. The van der Waals surface area contributed by atoms with Gasteiger partial charge in [-0.2, -0.15) is 0 Å². The molecule has 0 N–H and O–H groups in total. The fourth-order valence-corrected chi connectivity index (χ4v) is 3.65. The second-order valence-electron chi connectivity index (χ2n) is 7.14. The average Bonchev–Trinajstić information content (AvgIpc) is 2.63. The van der Waals surface area contributed by atoms with Crippen LogP contribution in [0, 0.1) is 0 Å². The molecule has 0 aliphatic heterocycles. The second kappa shape index (κ2) is 16.6. The number of aryl methyl sites for hydroxylation is 1. The number of hydrogen-bond acceptors (Lipinski definition) is 2. The van der Waals surface area contributed by atoms with Gasteiger partial charge in [0.15, 0.2) is 5.75 Å². The maximum Gasteiger partial charge on any atom is 0.542 e. The monoisotopic (exact) mass is 365 g/mol. The molecule has 25 heavy (non-hydrogen) atoms. The molecule has 0 aromatic heterocycles. The van der Waals surface area contributed by atoms with Gasteiger partial charge in [0, 0.05) is 5.56 Å². The van der Waals surface area contributed by atoms with Gasteiger partial charge in [0.05, 0.1) is 0 Å². The molecule has 0 bridgehead atoms. The zero-order valence-corrected chi connectivity index (χ0v) is 17.2. The zero-order valence-electron chi connectivity index (χ0n) is 16.2. The van der Waals surface area contributed by atoms with Crippen LogP contribution < -0.4 is 4.52 Å². The Kier molecular flexibility index (Phi) is 14.7. The Morgan fingerprint density at radius 3 is 1.72 bits per heavy atom. The van der Waals surface area contributed by atoms with E-state index in [0.29, 0.717) is 0 Å². The summed E-state index contributed by atoms with van der Waals surface area (Å²) >= 11 is 0. The zero-order chi connectivity index (χ0) is 18.0. The summed E-state index contributed by atoms with van der Waals surface area (Å²) in [5, 5.41) is 0. The van der Waals surface area contributed by atoms with Crippen molar-refractivity contribution in [3.05, 3.63) is 29.8 Å². The molecular formula is C22H38O2P+. The summed E-state index contributed by atoms with van der Waals surface area (Å²) in [6.07, 6.45) is 20.4. The first-order valence-electron chi connectivity index (χ1n) is 10.5. The van der Waals surface area contributed by atoms with E-state index in [1.54, 1.807) is 0 Å². The molecule has 0 aliphatic rings. The van der Waals surface area contributed by atoms with Gasteiger partial charge in [0.25, 0.3) is 0 Å². The van der Waals surface area contributed by atoms with E-state index in [1.165, 1.54) is 95.5 Å². The summed E-state index contributed by atoms with van der Waals surface area (Å²) in [4.78, 5) is 0. The van der Waals surface area contributed by atoms with E-state index in [1.807, 2.05) is 18.2 Å². The minimum Gasteiger partial charge on any atom is -0.256 e. The number of benzene rings is 1. The lowest BCUT2D eigenvalue weighted by atomic mass is 10.0. The third-order valence-electron chi connectivity index (χ3n) is 4.92. The highest BCUT2D eigenvalue weighted by Gasteiger charge is 2.06. The standard InChI is InChI=1S/C22H38O2P/c1-2-3-4-5-6-7-8-9-10-11-12-13-14-15-18-21-19-16-17-20-22(21)24-25-23/h16-17,19-20,25H,2-15,18H2,1H3/q+1. The SMILES string of the molecule is CCCCCCCCCCCCCCCCc1ccccc1O[PH+]=O. The van der Waals surface area contributed by atoms with Gasteiger partial charge in [-0.15, -0.1) is 0 Å². The molecule has 1 rings (SSSR count). The average molecular weight is 366 g/mol. The third-order valence-corrected chi connectivity index (χ3v) is 5.23. The van der Waals surface area contributed by atoms with E-state index in [-0.39, 0.29) is 0 Å². The Labute approximate surface area is 157 Å². The van der Waals surface area contributed by atoms with Crippen LogP contribution in [0.5, 0.6) is 5.75 Å². The van der Waals surface area contributed by atoms with Crippen LogP contribution in [0.3, 0.4) is 0 Å². The summed E-state index contributed by atoms with van der Waals surface area (Å²) in [6, 6.07) is 7.95. The van der Waals surface area contributed by atoms with Crippen molar-refractivity contribution in [2.45, 2.75) is 103 Å². The molecule has 0 heterocycles. The number of para-hydroxylation sites is 1. The van der Waals surface area contributed by atoms with Crippen LogP contribution in [-0.4, -0.2) is 0 Å². The maximum atomic E-state index is 10.7. The van der Waals surface area contributed by atoms with Gasteiger partial charge in [-0.05, 0) is 23.5 Å². The van der Waals surface area contributed by atoms with E-state index in [4.69, 9.17) is 4.52 Å². The fourth-order valence-electron chi connectivity index (χ4n) is 3.36. The predicted octanol–water partition coefficient (Wildman–Crippen LogP) is 8.03. The van der Waals surface area contributed by atoms with Crippen molar-refractivity contribution < 1.29 is 9.09 Å². The van der Waals surface area contributed by atoms with Crippen molar-refractivity contribution in [3.63, 3.8) is 0 Å². The highest BCUT2D eigenvalue weighted by Crippen LogP contribution is 2.23. The minimum atomic E-state index is -0.714. The molecule has 1 aromatic carbocycles. The van der Waals surface area contributed by atoms with Gasteiger partial charge < -0.3 is 0 Å². The van der Waals surface area contributed by atoms with Crippen molar-refractivity contribution >= 4 is 8.69 Å². The van der Waals surface area contributed by atoms with Gasteiger partial charge in [0.1, 0.15) is 0 Å². The normalized spacial score (nSPS) is 11.1. The smallest absolute Gasteiger partial charge is 0.256 e. The van der Waals surface area contributed by atoms with Crippen LogP contribution in [0.1, 0.15) is 102 Å². The van der Waals surface area contributed by atoms with Crippen LogP contribution in [0.2, 0.25) is 0 Å². The lowest BCUT2D eigenvalue weighted by Crippen LogP contribution is -1.90. The number of unbranched alkanes of at least 4 members (excludes halogenated alkanes) is 13. The Morgan fingerprint density at radius 1 is 0.720 bits per heavy atom. The van der Waals surface area contributed by atoms with E-state index in [9.17, 15) is 4.57 Å². The van der Waals surface area contributed by atoms with Crippen molar-refractivity contribution in [1.82, 2.24) is 0 Å². The molecule has 1 unspecified atom stereocenters. The predicted molar refractivity (Wildman–Crippen MR) is 110 cm³/mol. The van der Waals surface area contributed by atoms with Crippen LogP contribution in [0.4, 0.5) is 0 Å². The molecule has 0 saturated carbocycles. The molecule has 0 spiro atoms. The summed E-state index contributed by atoms with van der Waals surface area (Å²) in [6.45, 7) is 2.28. The first-order chi connectivity index (χ1) is 12.4. The molecular weight excluding hydrogens is 327 g/mol. The Hall–Kier alpha value is -0.880. The second-order valence-corrected chi connectivity index (χ2v) is 7.51. The summed E-state index contributed by atoms with van der Waals surface area (Å²) in [7, 11) is -0.714. The van der Waals surface area contributed by atoms with E-state index < -0.39 is 8.69 Å². The molecule has 142 valence electrons. The van der Waals surface area contributed by atoms with Crippen LogP contribution >= 0.6 is 8.69 Å². The molecule has 1 aromatic rings. The van der Waals surface area contributed by atoms with E-state index >= 15 is 0 Å². The summed E-state index contributed by atoms with van der Waals surface area (Å²) < 4.78 is 15.8. The van der Waals surface area contributed by atoms with Crippen LogP contribution in [-0.2, 0) is 11.0 Å². The number of rotatable bonds is 17. The lowest BCUT2D eigenvalue weighted by molar-refractivity contribution is 0.518. The molecule has 0 radical (unpaired) electrons. The van der Waals surface area contributed by atoms with Crippen molar-refractivity contribution in [2.75, 3.05) is 0 Å². The minimum absolute atomic E-state index is 0.714. The van der Waals surface area contributed by atoms with Crippen molar-refractivity contribution in [3.8, 4) is 5.75 Å². The highest BCUT2D eigenvalue weighted by molar-refractivity contribution is 7.17. The van der Waals surface area contributed by atoms with Gasteiger partial charge in [-0.1, -0.05) is 109 Å². The van der Waals surface area contributed by atoms with E-state index in [0.717, 1.165) is 12.2 Å². The molecule has 0 fully saturated rings. The fraction of sp³-hybridized carbons (Fsp3) is 0.727. The molecule has 1 atom stereocenters. The first kappa shape index (κ1) is 22.2. The molecule has 3 heteroatoms. The van der Waals surface area contributed by atoms with Gasteiger partial charge in [0.2, 0.25) is 0 Å². The van der Waals surface area contributed by atoms with Gasteiger partial charge in [-0.25, -0.2) is 0 Å². The van der Waals surface area contributed by atoms with Gasteiger partial charge >= 0.3 is 8.69 Å². The van der Waals surface area contributed by atoms with Crippen molar-refractivity contribution in [2.24, 2.45) is 0 Å². The largest absolute Gasteiger partial charge is 0.542 e. The first-order valence-corrected chi connectivity index (χ1v) is 11.3. The maximum absolute atomic E-state index is 10.7. The number of hydrogen-bond donors (Lipinski definition) is 0. The molecule has 0 amide bonds. The van der Waals surface area contributed by atoms with Crippen molar-refractivity contribution in [1.29, 1.82) is 0 Å². The van der Waals surface area contributed by atoms with E-state index in [2.05, 4.69) is 13.0 Å². The highest BCUT2D eigenvalue weighted by atomic mass is 31.1. The van der Waals surface area contributed by atoms with Gasteiger partial charge in [-0.3, -0.25) is 4.52 Å². The lowest BCUT2D eigenvalue weighted by Gasteiger charge is -2.05. The Bertz CT molecular complexity index is 434. The summed E-state index contributed by atoms with van der Waals surface area (Å²) in [5.41, 5.74) is 1.18. The third kappa shape index (κ3) is 12.2. The molecule has 0 saturated heterocycles. The Balaban J connectivity index is 1.88. The Morgan fingerprint density at radius 2 is 1.20 bits per heavy atom. The van der Waals surface area contributed by atoms with Crippen LogP contribution in [0.25, 0.3) is 0 Å². The van der Waals surface area contributed by atoms with Crippen LogP contribution in [0.15, 0.2) is 24.3 Å². The quantitative estimate of drug-likeness (QED) is 0.206. The summed E-state index contributed by atoms with van der Waals surface area (Å²) in [5.74, 6) is 0.783.